The Morgan fingerprint density at radius 1 is 1.00 bits per heavy atom. The Hall–Kier alpha value is -2.26. The van der Waals surface area contributed by atoms with E-state index in [9.17, 15) is 21.6 Å². The Bertz CT molecular complexity index is 939. The number of anilines is 1. The second kappa shape index (κ2) is 9.26. The van der Waals surface area contributed by atoms with Gasteiger partial charge in [0.25, 0.3) is 0 Å². The van der Waals surface area contributed by atoms with Crippen LogP contribution in [0.25, 0.3) is 0 Å². The van der Waals surface area contributed by atoms with Crippen molar-refractivity contribution in [2.45, 2.75) is 19.5 Å². The molecule has 0 atom stereocenters. The van der Waals surface area contributed by atoms with E-state index >= 15 is 0 Å². The number of benzene rings is 2. The fraction of sp³-hybridized carbons (Fsp3) is 0.429. The molecule has 1 saturated heterocycles. The number of rotatable bonds is 7. The molecule has 0 N–H and O–H groups in total. The lowest BCUT2D eigenvalue weighted by molar-refractivity contribution is -0.137. The van der Waals surface area contributed by atoms with E-state index in [4.69, 9.17) is 4.74 Å². The molecule has 2 aromatic rings. The fourth-order valence-electron chi connectivity index (χ4n) is 3.32. The van der Waals surface area contributed by atoms with Gasteiger partial charge in [-0.25, -0.2) is 8.42 Å². The maximum atomic E-state index is 12.9. The Balaban J connectivity index is 1.52. The maximum absolute atomic E-state index is 12.9. The van der Waals surface area contributed by atoms with Crippen molar-refractivity contribution >= 4 is 15.7 Å². The number of sulfonamides is 1. The van der Waals surface area contributed by atoms with E-state index in [-0.39, 0.29) is 25.4 Å². The van der Waals surface area contributed by atoms with Gasteiger partial charge in [-0.1, -0.05) is 25.1 Å². The van der Waals surface area contributed by atoms with Gasteiger partial charge in [0.15, 0.2) is 0 Å². The monoisotopic (exact) mass is 442 g/mol. The van der Waals surface area contributed by atoms with Gasteiger partial charge >= 0.3 is 6.18 Å². The first kappa shape index (κ1) is 22.4. The van der Waals surface area contributed by atoms with Gasteiger partial charge in [-0.2, -0.15) is 17.5 Å². The van der Waals surface area contributed by atoms with Crippen LogP contribution in [0.5, 0.6) is 5.75 Å². The summed E-state index contributed by atoms with van der Waals surface area (Å²) >= 11 is 0. The molecule has 0 spiro atoms. The third-order valence-corrected chi connectivity index (χ3v) is 6.95. The van der Waals surface area contributed by atoms with E-state index in [0.717, 1.165) is 18.6 Å². The smallest absolute Gasteiger partial charge is 0.416 e. The highest BCUT2D eigenvalue weighted by Gasteiger charge is 2.32. The van der Waals surface area contributed by atoms with Crippen LogP contribution >= 0.6 is 0 Å². The number of aryl methyl sites for hydroxylation is 1. The standard InChI is InChI=1S/C21H25F3N2O3S/c1-2-17-6-8-20(9-7-17)29-14-15-30(27,28)26-12-10-25(11-13-26)19-5-3-4-18(16-19)21(22,23)24/h3-9,16H,2,10-15H2,1H3. The zero-order valence-corrected chi connectivity index (χ0v) is 17.5. The quantitative estimate of drug-likeness (QED) is 0.655. The van der Waals surface area contributed by atoms with Crippen LogP contribution in [0.2, 0.25) is 0 Å². The van der Waals surface area contributed by atoms with Crippen LogP contribution in [0.1, 0.15) is 18.1 Å². The Morgan fingerprint density at radius 2 is 1.67 bits per heavy atom. The highest BCUT2D eigenvalue weighted by atomic mass is 32.2. The van der Waals surface area contributed by atoms with Gasteiger partial charge in [0.1, 0.15) is 12.4 Å². The predicted octanol–water partition coefficient (Wildman–Crippen LogP) is 3.80. The zero-order valence-electron chi connectivity index (χ0n) is 16.7. The fourth-order valence-corrected chi connectivity index (χ4v) is 4.59. The van der Waals surface area contributed by atoms with Gasteiger partial charge in [-0.3, -0.25) is 0 Å². The minimum absolute atomic E-state index is 0.0433. The summed E-state index contributed by atoms with van der Waals surface area (Å²) in [5.74, 6) is 0.475. The van der Waals surface area contributed by atoms with E-state index in [2.05, 4.69) is 6.92 Å². The second-order valence-corrected chi connectivity index (χ2v) is 9.18. The zero-order chi connectivity index (χ0) is 21.8. The SMILES string of the molecule is CCc1ccc(OCCS(=O)(=O)N2CCN(c3cccc(C(F)(F)F)c3)CC2)cc1. The summed E-state index contributed by atoms with van der Waals surface area (Å²) in [6.07, 6.45) is -3.49. The molecule has 0 aromatic heterocycles. The molecule has 5 nitrogen and oxygen atoms in total. The van der Waals surface area contributed by atoms with Crippen molar-refractivity contribution in [1.82, 2.24) is 4.31 Å². The van der Waals surface area contributed by atoms with Crippen molar-refractivity contribution in [1.29, 1.82) is 0 Å². The number of alkyl halides is 3. The predicted molar refractivity (Wildman–Crippen MR) is 110 cm³/mol. The van der Waals surface area contributed by atoms with Crippen LogP contribution in [0, 0.1) is 0 Å². The lowest BCUT2D eigenvalue weighted by atomic mass is 10.1. The van der Waals surface area contributed by atoms with Gasteiger partial charge < -0.3 is 9.64 Å². The van der Waals surface area contributed by atoms with Gasteiger partial charge in [-0.05, 0) is 42.3 Å². The molecule has 1 aliphatic heterocycles. The first-order valence-corrected chi connectivity index (χ1v) is 11.4. The summed E-state index contributed by atoms with van der Waals surface area (Å²) in [5, 5.41) is 0. The molecule has 1 fully saturated rings. The second-order valence-electron chi connectivity index (χ2n) is 7.10. The highest BCUT2D eigenvalue weighted by molar-refractivity contribution is 7.89. The van der Waals surface area contributed by atoms with E-state index in [1.165, 1.54) is 15.9 Å². The first-order valence-electron chi connectivity index (χ1n) is 9.81. The molecule has 3 rings (SSSR count). The normalized spacial score (nSPS) is 15.9. The molecule has 0 radical (unpaired) electrons. The van der Waals surface area contributed by atoms with E-state index in [1.807, 2.05) is 24.3 Å². The maximum Gasteiger partial charge on any atom is 0.416 e. The molecule has 0 saturated carbocycles. The minimum Gasteiger partial charge on any atom is -0.492 e. The van der Waals surface area contributed by atoms with Gasteiger partial charge in [0.05, 0.1) is 11.3 Å². The molecule has 1 heterocycles. The van der Waals surface area contributed by atoms with Crippen LogP contribution in [0.3, 0.4) is 0 Å². The summed E-state index contributed by atoms with van der Waals surface area (Å²) in [6.45, 7) is 3.21. The van der Waals surface area contributed by atoms with Crippen molar-refractivity contribution < 1.29 is 26.3 Å². The van der Waals surface area contributed by atoms with E-state index in [0.29, 0.717) is 24.5 Å². The Morgan fingerprint density at radius 3 is 2.27 bits per heavy atom. The number of halogens is 3. The van der Waals surface area contributed by atoms with Crippen LogP contribution in [0.4, 0.5) is 18.9 Å². The average molecular weight is 443 g/mol. The number of piperazine rings is 1. The summed E-state index contributed by atoms with van der Waals surface area (Å²) < 4.78 is 70.8. The largest absolute Gasteiger partial charge is 0.492 e. The summed E-state index contributed by atoms with van der Waals surface area (Å²) in [6, 6.07) is 12.6. The summed E-state index contributed by atoms with van der Waals surface area (Å²) in [4.78, 5) is 1.77. The van der Waals surface area contributed by atoms with E-state index in [1.54, 1.807) is 11.0 Å². The van der Waals surface area contributed by atoms with E-state index < -0.39 is 21.8 Å². The Labute approximate surface area is 175 Å². The average Bonchev–Trinajstić information content (AvgIpc) is 2.74. The lowest BCUT2D eigenvalue weighted by Gasteiger charge is -2.35. The van der Waals surface area contributed by atoms with Crippen LogP contribution in [-0.4, -0.2) is 51.3 Å². The number of hydrogen-bond donors (Lipinski definition) is 0. The van der Waals surface area contributed by atoms with Crippen LogP contribution < -0.4 is 9.64 Å². The van der Waals surface area contributed by atoms with Crippen LogP contribution in [-0.2, 0) is 22.6 Å². The van der Waals surface area contributed by atoms with Gasteiger partial charge in [0, 0.05) is 31.9 Å². The lowest BCUT2D eigenvalue weighted by Crippen LogP contribution is -2.49. The summed E-state index contributed by atoms with van der Waals surface area (Å²) in [7, 11) is -3.50. The third kappa shape index (κ3) is 5.66. The third-order valence-electron chi connectivity index (χ3n) is 5.11. The molecule has 1 aliphatic rings. The van der Waals surface area contributed by atoms with Gasteiger partial charge in [-0.15, -0.1) is 0 Å². The molecule has 164 valence electrons. The Kier molecular flexibility index (Phi) is 6.92. The molecule has 0 amide bonds. The van der Waals surface area contributed by atoms with Crippen molar-refractivity contribution in [2.24, 2.45) is 0 Å². The van der Waals surface area contributed by atoms with Crippen LogP contribution in [0.15, 0.2) is 48.5 Å². The molecule has 30 heavy (non-hydrogen) atoms. The molecule has 0 unspecified atom stereocenters. The molecule has 9 heteroatoms. The van der Waals surface area contributed by atoms with Crippen molar-refractivity contribution in [3.8, 4) is 5.75 Å². The molecular formula is C21H25F3N2O3S. The number of hydrogen-bond acceptors (Lipinski definition) is 4. The van der Waals surface area contributed by atoms with Crippen molar-refractivity contribution in [2.75, 3.05) is 43.4 Å². The number of nitrogens with zero attached hydrogens (tertiary/aromatic N) is 2. The number of ether oxygens (including phenoxy) is 1. The molecular weight excluding hydrogens is 417 g/mol. The highest BCUT2D eigenvalue weighted by Crippen LogP contribution is 2.32. The molecule has 0 bridgehead atoms. The molecule has 2 aromatic carbocycles. The molecule has 0 aliphatic carbocycles. The first-order chi connectivity index (χ1) is 14.2. The minimum atomic E-state index is -4.40. The van der Waals surface area contributed by atoms with Gasteiger partial charge in [0.2, 0.25) is 10.0 Å². The van der Waals surface area contributed by atoms with Crippen molar-refractivity contribution in [3.05, 3.63) is 59.7 Å². The summed E-state index contributed by atoms with van der Waals surface area (Å²) in [5.41, 5.74) is 0.911. The topological polar surface area (TPSA) is 49.9 Å². The van der Waals surface area contributed by atoms with Crippen molar-refractivity contribution in [3.63, 3.8) is 0 Å².